The van der Waals surface area contributed by atoms with E-state index in [1.54, 1.807) is 0 Å². The van der Waals surface area contributed by atoms with Crippen molar-refractivity contribution in [3.05, 3.63) is 50.4 Å². The lowest BCUT2D eigenvalue weighted by Gasteiger charge is -2.27. The molecule has 33 heavy (non-hydrogen) atoms. The minimum atomic E-state index is -3.99. The number of carbonyl (C=O) groups is 1. The number of aromatic hydroxyl groups is 1. The third kappa shape index (κ3) is 5.84. The van der Waals surface area contributed by atoms with E-state index in [0.29, 0.717) is 34.6 Å². The van der Waals surface area contributed by atoms with Gasteiger partial charge in [-0.2, -0.15) is 8.42 Å². The molecule has 180 valence electrons. The number of carboxylic acids is 1. The number of allylic oxidation sites excluding steroid dienone is 2. The molecule has 0 saturated heterocycles. The summed E-state index contributed by atoms with van der Waals surface area (Å²) in [5.74, 6) is -1.23. The van der Waals surface area contributed by atoms with Crippen LogP contribution in [0.3, 0.4) is 0 Å². The zero-order valence-electron chi connectivity index (χ0n) is 18.5. The summed E-state index contributed by atoms with van der Waals surface area (Å²) in [7, 11) is -3.99. The van der Waals surface area contributed by atoms with Gasteiger partial charge in [-0.1, -0.05) is 38.1 Å². The number of nitrogens with zero attached hydrogens (tertiary/aromatic N) is 2. The fourth-order valence-corrected chi connectivity index (χ4v) is 6.09. The van der Waals surface area contributed by atoms with Crippen molar-refractivity contribution in [2.45, 2.75) is 51.5 Å². The molecule has 1 aliphatic heterocycles. The molecular formula is C22H28N2O6S3. The minimum absolute atomic E-state index is 0.00359. The SMILES string of the molecule is CC1(C)C(=CCc2sc(=S)n(CCC(=O)O)c2O)N(CCCCS(=O)(=O)O)c2ccccc21. The number of hydrogen-bond donors (Lipinski definition) is 3. The Kier molecular flexibility index (Phi) is 7.67. The van der Waals surface area contributed by atoms with Gasteiger partial charge in [-0.15, -0.1) is 11.3 Å². The van der Waals surface area contributed by atoms with Gasteiger partial charge >= 0.3 is 5.97 Å². The van der Waals surface area contributed by atoms with Crippen LogP contribution in [0, 0.1) is 3.95 Å². The van der Waals surface area contributed by atoms with Crippen molar-refractivity contribution in [2.24, 2.45) is 0 Å². The van der Waals surface area contributed by atoms with E-state index in [4.69, 9.17) is 21.9 Å². The Morgan fingerprint density at radius 1 is 1.21 bits per heavy atom. The van der Waals surface area contributed by atoms with Crippen LogP contribution < -0.4 is 4.90 Å². The summed E-state index contributed by atoms with van der Waals surface area (Å²) in [5.41, 5.74) is 2.94. The van der Waals surface area contributed by atoms with E-state index in [0.717, 1.165) is 16.9 Å². The molecule has 0 bridgehead atoms. The maximum atomic E-state index is 11.1. The van der Waals surface area contributed by atoms with Crippen LogP contribution >= 0.6 is 23.6 Å². The molecule has 0 radical (unpaired) electrons. The number of rotatable bonds is 10. The van der Waals surface area contributed by atoms with E-state index in [1.807, 2.05) is 24.3 Å². The van der Waals surface area contributed by atoms with Crippen LogP contribution in [0.1, 0.15) is 43.6 Å². The fraction of sp³-hybridized carbons (Fsp3) is 0.455. The Labute approximate surface area is 202 Å². The molecule has 0 atom stereocenters. The van der Waals surface area contributed by atoms with Gasteiger partial charge in [0.25, 0.3) is 10.1 Å². The molecule has 0 amide bonds. The molecule has 0 saturated carbocycles. The number of benzene rings is 1. The van der Waals surface area contributed by atoms with Gasteiger partial charge in [-0.05, 0) is 36.7 Å². The normalized spacial score (nSPS) is 16.3. The standard InChI is InChI=1S/C22H28N2O6S3/c1-22(2)15-7-3-4-8-16(15)23(12-5-6-14-33(28,29)30)18(22)10-9-17-20(27)24(21(31)32-17)13-11-19(25)26/h3-4,7-8,10,27H,5-6,9,11-14H2,1-2H3,(H,25,26)(H,28,29,30). The molecule has 0 spiro atoms. The Hall–Kier alpha value is -2.21. The van der Waals surface area contributed by atoms with E-state index in [1.165, 1.54) is 15.9 Å². The molecule has 1 aromatic heterocycles. The number of fused-ring (bicyclic) bond motifs is 1. The molecule has 3 N–H and O–H groups in total. The second kappa shape index (κ2) is 9.96. The summed E-state index contributed by atoms with van der Waals surface area (Å²) in [4.78, 5) is 13.7. The number of aromatic nitrogens is 1. The summed E-state index contributed by atoms with van der Waals surface area (Å²) in [6.45, 7) is 4.94. The number of hydrogen-bond acceptors (Lipinski definition) is 7. The van der Waals surface area contributed by atoms with Crippen molar-refractivity contribution < 1.29 is 28.0 Å². The van der Waals surface area contributed by atoms with Gasteiger partial charge in [0.2, 0.25) is 5.88 Å². The number of aliphatic carboxylic acids is 1. The van der Waals surface area contributed by atoms with Crippen LogP contribution in [0.2, 0.25) is 0 Å². The molecule has 0 aliphatic carbocycles. The molecule has 11 heteroatoms. The molecular weight excluding hydrogens is 484 g/mol. The summed E-state index contributed by atoms with van der Waals surface area (Å²) >= 11 is 6.58. The average molecular weight is 513 g/mol. The maximum absolute atomic E-state index is 11.1. The summed E-state index contributed by atoms with van der Waals surface area (Å²) < 4.78 is 33.0. The molecule has 0 fully saturated rings. The minimum Gasteiger partial charge on any atom is -0.494 e. The van der Waals surface area contributed by atoms with Crippen molar-refractivity contribution in [1.82, 2.24) is 4.57 Å². The third-order valence-corrected chi connectivity index (χ3v) is 8.07. The summed E-state index contributed by atoms with van der Waals surface area (Å²) in [6, 6.07) is 8.05. The van der Waals surface area contributed by atoms with E-state index in [9.17, 15) is 18.3 Å². The highest BCUT2D eigenvalue weighted by atomic mass is 32.2. The first-order valence-corrected chi connectivity index (χ1v) is 13.4. The van der Waals surface area contributed by atoms with E-state index < -0.39 is 16.1 Å². The summed E-state index contributed by atoms with van der Waals surface area (Å²) in [5, 5.41) is 19.5. The van der Waals surface area contributed by atoms with E-state index in [-0.39, 0.29) is 30.0 Å². The smallest absolute Gasteiger partial charge is 0.305 e. The van der Waals surface area contributed by atoms with Gasteiger partial charge in [-0.3, -0.25) is 13.9 Å². The zero-order valence-corrected chi connectivity index (χ0v) is 21.0. The van der Waals surface area contributed by atoms with Gasteiger partial charge in [-0.25, -0.2) is 0 Å². The lowest BCUT2D eigenvalue weighted by Crippen LogP contribution is -2.27. The van der Waals surface area contributed by atoms with Crippen molar-refractivity contribution >= 4 is 45.3 Å². The van der Waals surface area contributed by atoms with Crippen LogP contribution in [0.15, 0.2) is 36.0 Å². The van der Waals surface area contributed by atoms with Crippen LogP contribution in [0.25, 0.3) is 0 Å². The first kappa shape index (κ1) is 25.4. The van der Waals surface area contributed by atoms with Crippen molar-refractivity contribution in [2.75, 3.05) is 17.2 Å². The Morgan fingerprint density at radius 2 is 1.91 bits per heavy atom. The van der Waals surface area contributed by atoms with Crippen LogP contribution in [0.5, 0.6) is 5.88 Å². The Morgan fingerprint density at radius 3 is 2.58 bits per heavy atom. The number of para-hydroxylation sites is 1. The number of anilines is 1. The predicted octanol–water partition coefficient (Wildman–Crippen LogP) is 4.35. The number of carboxylic acid groups (broad SMARTS) is 1. The second-order valence-corrected chi connectivity index (χ2v) is 11.8. The molecule has 1 aliphatic rings. The predicted molar refractivity (Wildman–Crippen MR) is 131 cm³/mol. The van der Waals surface area contributed by atoms with Gasteiger partial charge in [0.15, 0.2) is 3.95 Å². The van der Waals surface area contributed by atoms with Crippen LogP contribution in [-0.2, 0) is 33.3 Å². The highest BCUT2D eigenvalue weighted by Gasteiger charge is 2.39. The van der Waals surface area contributed by atoms with Crippen molar-refractivity contribution in [3.8, 4) is 5.88 Å². The Balaban J connectivity index is 1.87. The third-order valence-electron chi connectivity index (χ3n) is 5.80. The molecule has 3 rings (SSSR count). The molecule has 2 heterocycles. The number of unbranched alkanes of at least 4 members (excludes halogenated alkanes) is 1. The quantitative estimate of drug-likeness (QED) is 0.244. The topological polar surface area (TPSA) is 120 Å². The fourth-order valence-electron chi connectivity index (χ4n) is 4.17. The van der Waals surface area contributed by atoms with E-state index >= 15 is 0 Å². The highest BCUT2D eigenvalue weighted by molar-refractivity contribution is 7.85. The highest BCUT2D eigenvalue weighted by Crippen LogP contribution is 2.48. The van der Waals surface area contributed by atoms with Crippen molar-refractivity contribution in [3.63, 3.8) is 0 Å². The lowest BCUT2D eigenvalue weighted by atomic mass is 9.83. The largest absolute Gasteiger partial charge is 0.494 e. The van der Waals surface area contributed by atoms with E-state index in [2.05, 4.69) is 24.8 Å². The average Bonchev–Trinajstić information content (AvgIpc) is 3.11. The molecule has 0 unspecified atom stereocenters. The monoisotopic (exact) mass is 512 g/mol. The number of thiazole rings is 1. The zero-order chi connectivity index (χ0) is 24.4. The van der Waals surface area contributed by atoms with Crippen LogP contribution in [0.4, 0.5) is 5.69 Å². The second-order valence-electron chi connectivity index (χ2n) is 8.49. The molecule has 8 nitrogen and oxygen atoms in total. The van der Waals surface area contributed by atoms with Crippen molar-refractivity contribution in [1.29, 1.82) is 0 Å². The maximum Gasteiger partial charge on any atom is 0.305 e. The van der Waals surface area contributed by atoms with Gasteiger partial charge in [0, 0.05) is 36.3 Å². The first-order chi connectivity index (χ1) is 15.4. The lowest BCUT2D eigenvalue weighted by molar-refractivity contribution is -0.137. The van der Waals surface area contributed by atoms with Gasteiger partial charge in [0.1, 0.15) is 0 Å². The Bertz CT molecular complexity index is 1230. The van der Waals surface area contributed by atoms with Crippen LogP contribution in [-0.4, -0.2) is 46.0 Å². The molecule has 2 aromatic rings. The first-order valence-electron chi connectivity index (χ1n) is 10.6. The van der Waals surface area contributed by atoms with Gasteiger partial charge < -0.3 is 15.1 Å². The molecule has 1 aromatic carbocycles. The summed E-state index contributed by atoms with van der Waals surface area (Å²) in [6.07, 6.45) is 3.27. The van der Waals surface area contributed by atoms with Gasteiger partial charge in [0.05, 0.1) is 17.1 Å².